The summed E-state index contributed by atoms with van der Waals surface area (Å²) in [5, 5.41) is 13.8. The van der Waals surface area contributed by atoms with E-state index in [4.69, 9.17) is 5.11 Å². The van der Waals surface area contributed by atoms with E-state index in [9.17, 15) is 9.59 Å². The molecular weight excluding hydrogens is 172 g/mol. The van der Waals surface area contributed by atoms with Crippen LogP contribution in [-0.4, -0.2) is 36.6 Å². The molecule has 1 amide bonds. The zero-order valence-electron chi connectivity index (χ0n) is 7.38. The largest absolute Gasteiger partial charge is 0.480 e. The third kappa shape index (κ3) is 3.42. The molecule has 0 aromatic carbocycles. The minimum absolute atomic E-state index is 0.0619. The van der Waals surface area contributed by atoms with Crippen molar-refractivity contribution in [2.24, 2.45) is 5.92 Å². The Hall–Kier alpha value is -1.10. The number of aliphatic carboxylic acids is 1. The van der Waals surface area contributed by atoms with Gasteiger partial charge >= 0.3 is 5.97 Å². The van der Waals surface area contributed by atoms with E-state index in [1.54, 1.807) is 0 Å². The van der Waals surface area contributed by atoms with E-state index in [0.29, 0.717) is 6.54 Å². The molecule has 3 N–H and O–H groups in total. The van der Waals surface area contributed by atoms with Crippen molar-refractivity contribution in [2.45, 2.75) is 12.8 Å². The molecule has 74 valence electrons. The molecule has 1 rings (SSSR count). The Kier molecular flexibility index (Phi) is 3.70. The van der Waals surface area contributed by atoms with Crippen molar-refractivity contribution in [3.63, 3.8) is 0 Å². The Morgan fingerprint density at radius 3 is 2.85 bits per heavy atom. The molecule has 1 aliphatic heterocycles. The highest BCUT2D eigenvalue weighted by Gasteiger charge is 2.20. The Morgan fingerprint density at radius 2 is 2.31 bits per heavy atom. The van der Waals surface area contributed by atoms with E-state index < -0.39 is 5.97 Å². The van der Waals surface area contributed by atoms with Gasteiger partial charge in [-0.2, -0.15) is 0 Å². The lowest BCUT2D eigenvalue weighted by molar-refractivity contribution is -0.138. The van der Waals surface area contributed by atoms with Gasteiger partial charge in [0.25, 0.3) is 0 Å². The summed E-state index contributed by atoms with van der Waals surface area (Å²) in [6, 6.07) is 0. The third-order valence-corrected chi connectivity index (χ3v) is 2.08. The lowest BCUT2D eigenvalue weighted by Crippen LogP contribution is -2.42. The molecule has 13 heavy (non-hydrogen) atoms. The van der Waals surface area contributed by atoms with Gasteiger partial charge in [0.2, 0.25) is 5.91 Å². The number of hydrogen-bond acceptors (Lipinski definition) is 3. The van der Waals surface area contributed by atoms with E-state index in [-0.39, 0.29) is 18.4 Å². The van der Waals surface area contributed by atoms with Crippen LogP contribution in [-0.2, 0) is 9.59 Å². The summed E-state index contributed by atoms with van der Waals surface area (Å²) in [5.41, 5.74) is 0. The predicted octanol–water partition coefficient (Wildman–Crippen LogP) is -0.813. The molecule has 5 heteroatoms. The maximum absolute atomic E-state index is 11.3. The van der Waals surface area contributed by atoms with Crippen LogP contribution in [0.5, 0.6) is 0 Å². The summed E-state index contributed by atoms with van der Waals surface area (Å²) in [7, 11) is 0. The minimum Gasteiger partial charge on any atom is -0.480 e. The third-order valence-electron chi connectivity index (χ3n) is 2.08. The van der Waals surface area contributed by atoms with Crippen molar-refractivity contribution in [1.82, 2.24) is 10.6 Å². The molecule has 1 atom stereocenters. The average molecular weight is 186 g/mol. The van der Waals surface area contributed by atoms with E-state index in [0.717, 1.165) is 19.4 Å². The Morgan fingerprint density at radius 1 is 1.54 bits per heavy atom. The average Bonchev–Trinajstić information content (AvgIpc) is 2.15. The molecule has 1 fully saturated rings. The Balaban J connectivity index is 2.25. The van der Waals surface area contributed by atoms with E-state index in [1.807, 2.05) is 0 Å². The molecule has 1 aliphatic rings. The van der Waals surface area contributed by atoms with Gasteiger partial charge in [0, 0.05) is 6.54 Å². The molecule has 0 radical (unpaired) electrons. The molecule has 0 aliphatic carbocycles. The van der Waals surface area contributed by atoms with Crippen LogP contribution in [0.1, 0.15) is 12.8 Å². The number of nitrogens with one attached hydrogen (secondary N) is 2. The Labute approximate surface area is 76.5 Å². The fraction of sp³-hybridized carbons (Fsp3) is 0.750. The second-order valence-electron chi connectivity index (χ2n) is 3.15. The standard InChI is InChI=1S/C8H14N2O3/c11-7(12)5-10-8(13)6-2-1-3-9-4-6/h6,9H,1-5H2,(H,10,13)(H,11,12)/t6-/m1/s1. The first kappa shape index (κ1) is 9.98. The van der Waals surface area contributed by atoms with Crippen LogP contribution in [0.15, 0.2) is 0 Å². The van der Waals surface area contributed by atoms with Crippen LogP contribution < -0.4 is 10.6 Å². The number of carbonyl (C=O) groups is 2. The van der Waals surface area contributed by atoms with Crippen molar-refractivity contribution >= 4 is 11.9 Å². The van der Waals surface area contributed by atoms with Crippen molar-refractivity contribution in [1.29, 1.82) is 0 Å². The van der Waals surface area contributed by atoms with E-state index in [1.165, 1.54) is 0 Å². The number of carboxylic acids is 1. The summed E-state index contributed by atoms with van der Waals surface area (Å²) < 4.78 is 0. The number of rotatable bonds is 3. The molecule has 0 unspecified atom stereocenters. The van der Waals surface area contributed by atoms with Crippen molar-refractivity contribution in [2.75, 3.05) is 19.6 Å². The van der Waals surface area contributed by atoms with Gasteiger partial charge < -0.3 is 15.7 Å². The fourth-order valence-corrected chi connectivity index (χ4v) is 1.38. The normalized spacial score (nSPS) is 22.3. The zero-order chi connectivity index (χ0) is 9.68. The second kappa shape index (κ2) is 4.81. The number of carbonyl (C=O) groups excluding carboxylic acids is 1. The molecule has 0 aromatic heterocycles. The number of hydrogen-bond donors (Lipinski definition) is 3. The first-order chi connectivity index (χ1) is 6.20. The van der Waals surface area contributed by atoms with Crippen molar-refractivity contribution in [3.05, 3.63) is 0 Å². The van der Waals surface area contributed by atoms with Gasteiger partial charge in [-0.15, -0.1) is 0 Å². The lowest BCUT2D eigenvalue weighted by Gasteiger charge is -2.21. The molecule has 0 bridgehead atoms. The van der Waals surface area contributed by atoms with Crippen molar-refractivity contribution < 1.29 is 14.7 Å². The quantitative estimate of drug-likeness (QED) is 0.538. The van der Waals surface area contributed by atoms with Crippen LogP contribution in [0.25, 0.3) is 0 Å². The van der Waals surface area contributed by atoms with Crippen LogP contribution in [0.3, 0.4) is 0 Å². The van der Waals surface area contributed by atoms with Crippen LogP contribution in [0, 0.1) is 5.92 Å². The van der Waals surface area contributed by atoms with Gasteiger partial charge in [0.1, 0.15) is 6.54 Å². The van der Waals surface area contributed by atoms with E-state index in [2.05, 4.69) is 10.6 Å². The van der Waals surface area contributed by atoms with E-state index >= 15 is 0 Å². The second-order valence-corrected chi connectivity index (χ2v) is 3.15. The molecule has 0 aromatic rings. The predicted molar refractivity (Wildman–Crippen MR) is 46.2 cm³/mol. The van der Waals surface area contributed by atoms with Crippen LogP contribution in [0.4, 0.5) is 0 Å². The van der Waals surface area contributed by atoms with Gasteiger partial charge in [-0.05, 0) is 19.4 Å². The highest BCUT2D eigenvalue weighted by atomic mass is 16.4. The van der Waals surface area contributed by atoms with Gasteiger partial charge in [0.15, 0.2) is 0 Å². The lowest BCUT2D eigenvalue weighted by atomic mass is 9.99. The first-order valence-electron chi connectivity index (χ1n) is 4.40. The van der Waals surface area contributed by atoms with Crippen molar-refractivity contribution in [3.8, 4) is 0 Å². The number of carboxylic acid groups (broad SMARTS) is 1. The summed E-state index contributed by atoms with van der Waals surface area (Å²) in [6.07, 6.45) is 1.82. The smallest absolute Gasteiger partial charge is 0.322 e. The first-order valence-corrected chi connectivity index (χ1v) is 4.40. The van der Waals surface area contributed by atoms with Gasteiger partial charge in [-0.25, -0.2) is 0 Å². The number of amides is 1. The number of piperidine rings is 1. The van der Waals surface area contributed by atoms with Gasteiger partial charge in [0.05, 0.1) is 5.92 Å². The van der Waals surface area contributed by atoms with Crippen LogP contribution in [0.2, 0.25) is 0 Å². The van der Waals surface area contributed by atoms with Gasteiger partial charge in [-0.1, -0.05) is 0 Å². The maximum Gasteiger partial charge on any atom is 0.322 e. The fourth-order valence-electron chi connectivity index (χ4n) is 1.38. The highest BCUT2D eigenvalue weighted by molar-refractivity contribution is 5.83. The molecule has 5 nitrogen and oxygen atoms in total. The minimum atomic E-state index is -1.00. The molecule has 0 spiro atoms. The monoisotopic (exact) mass is 186 g/mol. The molecule has 1 saturated heterocycles. The Bertz CT molecular complexity index is 200. The summed E-state index contributed by atoms with van der Waals surface area (Å²) in [6.45, 7) is 1.32. The van der Waals surface area contributed by atoms with Gasteiger partial charge in [-0.3, -0.25) is 9.59 Å². The maximum atomic E-state index is 11.3. The summed E-state index contributed by atoms with van der Waals surface area (Å²) in [4.78, 5) is 21.4. The SMILES string of the molecule is O=C(O)CNC(=O)[C@@H]1CCCNC1. The summed E-state index contributed by atoms with van der Waals surface area (Å²) in [5.74, 6) is -1.22. The zero-order valence-corrected chi connectivity index (χ0v) is 7.38. The molecular formula is C8H14N2O3. The van der Waals surface area contributed by atoms with Crippen LogP contribution >= 0.6 is 0 Å². The molecule has 1 heterocycles. The summed E-state index contributed by atoms with van der Waals surface area (Å²) >= 11 is 0. The topological polar surface area (TPSA) is 78.4 Å². The highest BCUT2D eigenvalue weighted by Crippen LogP contribution is 2.09. The molecule has 0 saturated carbocycles.